The van der Waals surface area contributed by atoms with E-state index in [1.807, 2.05) is 17.0 Å². The van der Waals surface area contributed by atoms with Crippen molar-refractivity contribution in [1.82, 2.24) is 4.90 Å². The zero-order valence-electron chi connectivity index (χ0n) is 14.6. The van der Waals surface area contributed by atoms with E-state index < -0.39 is 0 Å². The van der Waals surface area contributed by atoms with Gasteiger partial charge in [0.1, 0.15) is 23.9 Å². The lowest BCUT2D eigenvalue weighted by Gasteiger charge is -2.30. The van der Waals surface area contributed by atoms with Gasteiger partial charge in [-0.25, -0.2) is 9.18 Å². The van der Waals surface area contributed by atoms with Crippen LogP contribution in [0.1, 0.15) is 28.7 Å². The first kappa shape index (κ1) is 16.8. The van der Waals surface area contributed by atoms with E-state index in [-0.39, 0.29) is 11.4 Å². The van der Waals surface area contributed by atoms with Crippen molar-refractivity contribution in [2.75, 3.05) is 6.73 Å². The highest BCUT2D eigenvalue weighted by Gasteiger charge is 2.28. The molecule has 2 aromatic carbocycles. The molecule has 0 unspecified atom stereocenters. The van der Waals surface area contributed by atoms with Crippen molar-refractivity contribution in [2.24, 2.45) is 0 Å². The van der Waals surface area contributed by atoms with Gasteiger partial charge < -0.3 is 9.15 Å². The third kappa shape index (κ3) is 2.73. The molecule has 1 aliphatic carbocycles. The Morgan fingerprint density at radius 1 is 1.15 bits per heavy atom. The van der Waals surface area contributed by atoms with E-state index in [0.29, 0.717) is 41.7 Å². The maximum atomic E-state index is 14.0. The number of aryl methyl sites for hydroxylation is 1. The Balaban J connectivity index is 1.60. The minimum atomic E-state index is -0.272. The lowest BCUT2D eigenvalue weighted by Crippen LogP contribution is -2.32. The number of nitrogens with zero attached hydrogens (tertiary/aromatic N) is 1. The van der Waals surface area contributed by atoms with E-state index in [1.165, 1.54) is 6.07 Å². The minimum Gasteiger partial charge on any atom is -0.476 e. The summed E-state index contributed by atoms with van der Waals surface area (Å²) in [6.45, 7) is 1.17. The topological polar surface area (TPSA) is 42.7 Å². The first-order valence-electron chi connectivity index (χ1n) is 9.00. The molecular weight excluding hydrogens is 369 g/mol. The molecule has 0 saturated heterocycles. The number of fused-ring (bicyclic) bond motifs is 5. The molecule has 2 heterocycles. The van der Waals surface area contributed by atoms with Crippen LogP contribution in [0.3, 0.4) is 0 Å². The van der Waals surface area contributed by atoms with Gasteiger partial charge in [-0.15, -0.1) is 0 Å². The molecule has 27 heavy (non-hydrogen) atoms. The molecule has 1 aromatic heterocycles. The van der Waals surface area contributed by atoms with Gasteiger partial charge >= 0.3 is 5.63 Å². The Labute approximate surface area is 160 Å². The molecule has 4 nitrogen and oxygen atoms in total. The van der Waals surface area contributed by atoms with E-state index in [9.17, 15) is 9.18 Å². The summed E-state index contributed by atoms with van der Waals surface area (Å²) < 4.78 is 25.6. The van der Waals surface area contributed by atoms with E-state index in [1.54, 1.807) is 12.1 Å². The summed E-state index contributed by atoms with van der Waals surface area (Å²) in [5.41, 5.74) is 3.42. The third-order valence-corrected chi connectivity index (χ3v) is 5.67. The molecule has 1 aliphatic heterocycles. The second-order valence-corrected chi connectivity index (χ2v) is 7.50. The first-order chi connectivity index (χ1) is 13.1. The van der Waals surface area contributed by atoms with Crippen LogP contribution in [0.25, 0.3) is 11.0 Å². The summed E-state index contributed by atoms with van der Waals surface area (Å²) in [7, 11) is 0. The monoisotopic (exact) mass is 385 g/mol. The van der Waals surface area contributed by atoms with Crippen molar-refractivity contribution in [3.63, 3.8) is 0 Å². The zero-order chi connectivity index (χ0) is 18.5. The van der Waals surface area contributed by atoms with Gasteiger partial charge in [0.15, 0.2) is 0 Å². The summed E-state index contributed by atoms with van der Waals surface area (Å²) in [5.74, 6) is 0.304. The molecule has 0 saturated carbocycles. The molecule has 0 amide bonds. The van der Waals surface area contributed by atoms with Crippen molar-refractivity contribution in [1.29, 1.82) is 0 Å². The molecule has 0 bridgehead atoms. The van der Waals surface area contributed by atoms with E-state index in [4.69, 9.17) is 20.8 Å². The highest BCUT2D eigenvalue weighted by Crippen LogP contribution is 2.41. The Morgan fingerprint density at radius 2 is 1.96 bits per heavy atom. The summed E-state index contributed by atoms with van der Waals surface area (Å²) in [6, 6.07) is 8.53. The zero-order valence-corrected chi connectivity index (χ0v) is 15.3. The number of benzene rings is 2. The molecule has 6 heteroatoms. The Bertz CT molecular complexity index is 1120. The fraction of sp³-hybridized carbons (Fsp3) is 0.286. The predicted octanol–water partition coefficient (Wildman–Crippen LogP) is 4.43. The Hall–Kier alpha value is -2.37. The van der Waals surface area contributed by atoms with Crippen LogP contribution in [0.15, 0.2) is 39.5 Å². The van der Waals surface area contributed by atoms with E-state index in [2.05, 4.69) is 0 Å². The van der Waals surface area contributed by atoms with Gasteiger partial charge in [0.05, 0.1) is 10.6 Å². The van der Waals surface area contributed by atoms with E-state index in [0.717, 1.165) is 41.3 Å². The standard InChI is InChI=1S/C21H17ClFNO3/c22-17-8-15-13-5-3-6-14(13)21(25)27-19(15)16-10-24(11-26-20(16)17)9-12-4-1-2-7-18(12)23/h1-2,4,7-8H,3,5-6,9-11H2. The maximum Gasteiger partial charge on any atom is 0.339 e. The molecule has 2 aliphatic rings. The summed E-state index contributed by atoms with van der Waals surface area (Å²) in [4.78, 5) is 14.4. The third-order valence-electron chi connectivity index (χ3n) is 5.39. The molecule has 0 spiro atoms. The predicted molar refractivity (Wildman–Crippen MR) is 101 cm³/mol. The van der Waals surface area contributed by atoms with Crippen LogP contribution in [-0.2, 0) is 25.9 Å². The second-order valence-electron chi connectivity index (χ2n) is 7.09. The van der Waals surface area contributed by atoms with Crippen LogP contribution >= 0.6 is 11.6 Å². The number of ether oxygens (including phenoxy) is 1. The fourth-order valence-electron chi connectivity index (χ4n) is 4.12. The lowest BCUT2D eigenvalue weighted by atomic mass is 10.0. The molecule has 0 atom stereocenters. The van der Waals surface area contributed by atoms with Crippen LogP contribution in [0, 0.1) is 5.82 Å². The van der Waals surface area contributed by atoms with Crippen molar-refractivity contribution in [3.05, 3.63) is 73.8 Å². The Morgan fingerprint density at radius 3 is 2.81 bits per heavy atom. The average molecular weight is 386 g/mol. The summed E-state index contributed by atoms with van der Waals surface area (Å²) in [5, 5.41) is 1.41. The number of hydrogen-bond acceptors (Lipinski definition) is 4. The Kier molecular flexibility index (Phi) is 3.95. The molecule has 3 aromatic rings. The highest BCUT2D eigenvalue weighted by atomic mass is 35.5. The number of halogens is 2. The SMILES string of the molecule is O=c1oc2c3c(c(Cl)cc2c2c1CCC2)OCN(Cc1ccccc1F)C3. The van der Waals surface area contributed by atoms with Gasteiger partial charge in [0.25, 0.3) is 0 Å². The van der Waals surface area contributed by atoms with Gasteiger partial charge in [-0.05, 0) is 37.0 Å². The van der Waals surface area contributed by atoms with Crippen molar-refractivity contribution < 1.29 is 13.5 Å². The summed E-state index contributed by atoms with van der Waals surface area (Å²) >= 11 is 6.47. The number of rotatable bonds is 2. The molecule has 138 valence electrons. The first-order valence-corrected chi connectivity index (χ1v) is 9.38. The number of hydrogen-bond donors (Lipinski definition) is 0. The maximum absolute atomic E-state index is 14.0. The fourth-order valence-corrected chi connectivity index (χ4v) is 4.40. The molecule has 0 N–H and O–H groups in total. The van der Waals surface area contributed by atoms with Crippen molar-refractivity contribution in [3.8, 4) is 5.75 Å². The van der Waals surface area contributed by atoms with Gasteiger partial charge in [-0.3, -0.25) is 4.90 Å². The van der Waals surface area contributed by atoms with Crippen LogP contribution < -0.4 is 10.4 Å². The van der Waals surface area contributed by atoms with Gasteiger partial charge in [-0.1, -0.05) is 29.8 Å². The van der Waals surface area contributed by atoms with Crippen molar-refractivity contribution >= 4 is 22.6 Å². The van der Waals surface area contributed by atoms with Gasteiger partial charge in [-0.2, -0.15) is 0 Å². The van der Waals surface area contributed by atoms with Gasteiger partial charge in [0, 0.05) is 29.6 Å². The highest BCUT2D eigenvalue weighted by molar-refractivity contribution is 6.33. The van der Waals surface area contributed by atoms with E-state index >= 15 is 0 Å². The second kappa shape index (κ2) is 6.36. The largest absolute Gasteiger partial charge is 0.476 e. The van der Waals surface area contributed by atoms with Crippen LogP contribution in [0.4, 0.5) is 4.39 Å². The van der Waals surface area contributed by atoms with Gasteiger partial charge in [0.2, 0.25) is 0 Å². The quantitative estimate of drug-likeness (QED) is 0.612. The molecule has 5 rings (SSSR count). The van der Waals surface area contributed by atoms with Crippen LogP contribution in [-0.4, -0.2) is 11.6 Å². The molecule has 0 fully saturated rings. The summed E-state index contributed by atoms with van der Waals surface area (Å²) in [6.07, 6.45) is 2.55. The lowest BCUT2D eigenvalue weighted by molar-refractivity contribution is 0.0880. The molecular formula is C21H17ClFNO3. The van der Waals surface area contributed by atoms with Crippen LogP contribution in [0.5, 0.6) is 5.75 Å². The minimum absolute atomic E-state index is 0.247. The average Bonchev–Trinajstić information content (AvgIpc) is 3.16. The smallest absolute Gasteiger partial charge is 0.339 e. The van der Waals surface area contributed by atoms with Crippen LogP contribution in [0.2, 0.25) is 5.02 Å². The molecule has 0 radical (unpaired) electrons. The normalized spacial score (nSPS) is 16.2. The van der Waals surface area contributed by atoms with Crippen molar-refractivity contribution in [2.45, 2.75) is 32.4 Å².